The van der Waals surface area contributed by atoms with Gasteiger partial charge in [-0.15, -0.1) is 0 Å². The first kappa shape index (κ1) is 20.7. The fourth-order valence-electron chi connectivity index (χ4n) is 3.83. The minimum Gasteiger partial charge on any atom is -0.345 e. The number of hydrogen-bond acceptors (Lipinski definition) is 1. The number of nitrogens with one attached hydrogen (secondary N) is 1. The molecule has 4 aromatic rings. The van der Waals surface area contributed by atoms with Crippen molar-refractivity contribution in [1.29, 1.82) is 0 Å². The van der Waals surface area contributed by atoms with Gasteiger partial charge in [0.05, 0.1) is 12.2 Å². The third-order valence-corrected chi connectivity index (χ3v) is 5.33. The Labute approximate surface area is 181 Å². The van der Waals surface area contributed by atoms with Crippen LogP contribution < -0.4 is 5.32 Å². The summed E-state index contributed by atoms with van der Waals surface area (Å²) in [7, 11) is 0. The molecule has 1 aromatic heterocycles. The molecule has 4 rings (SSSR count). The van der Waals surface area contributed by atoms with Crippen molar-refractivity contribution in [2.24, 2.45) is 0 Å². The van der Waals surface area contributed by atoms with Crippen LogP contribution in [0.5, 0.6) is 0 Å². The highest BCUT2D eigenvalue weighted by atomic mass is 19.1. The molecule has 0 bridgehead atoms. The number of fused-ring (bicyclic) bond motifs is 1. The molecule has 31 heavy (non-hydrogen) atoms. The number of benzene rings is 3. The topological polar surface area (TPSA) is 37.3 Å². The highest BCUT2D eigenvalue weighted by Gasteiger charge is 2.16. The molecule has 0 aliphatic rings. The van der Waals surface area contributed by atoms with Gasteiger partial charge in [-0.1, -0.05) is 55.5 Å². The standard InChI is InChI=1S/C26H26FN3O/c1-2-15-30(26(31)28-25-14-6-10-21-9-3-4-13-24(21)25)19-23-12-7-16-29(23)18-20-8-5-11-22(27)17-20/h3-14,16-17H,2,15,18-19H2,1H3,(H,28,31). The Bertz CT molecular complexity index is 1180. The first-order valence-corrected chi connectivity index (χ1v) is 10.6. The van der Waals surface area contributed by atoms with Gasteiger partial charge in [0.1, 0.15) is 5.82 Å². The molecule has 4 nitrogen and oxygen atoms in total. The van der Waals surface area contributed by atoms with E-state index in [1.165, 1.54) is 6.07 Å². The lowest BCUT2D eigenvalue weighted by atomic mass is 10.1. The van der Waals surface area contributed by atoms with Crippen LogP contribution in [-0.2, 0) is 13.1 Å². The third-order valence-electron chi connectivity index (χ3n) is 5.33. The van der Waals surface area contributed by atoms with Gasteiger partial charge in [-0.2, -0.15) is 0 Å². The number of aromatic nitrogens is 1. The largest absolute Gasteiger partial charge is 0.345 e. The normalized spacial score (nSPS) is 10.9. The van der Waals surface area contributed by atoms with Gasteiger partial charge in [0.25, 0.3) is 0 Å². The van der Waals surface area contributed by atoms with Gasteiger partial charge in [-0.3, -0.25) is 0 Å². The second kappa shape index (κ2) is 9.47. The van der Waals surface area contributed by atoms with E-state index in [2.05, 4.69) is 16.8 Å². The van der Waals surface area contributed by atoms with Gasteiger partial charge in [0, 0.05) is 30.4 Å². The SMILES string of the molecule is CCCN(Cc1cccn1Cc1cccc(F)c1)C(=O)Nc1cccc2ccccc12. The Kier molecular flexibility index (Phi) is 6.32. The summed E-state index contributed by atoms with van der Waals surface area (Å²) in [5.74, 6) is -0.242. The molecule has 0 unspecified atom stereocenters. The second-order valence-electron chi connectivity index (χ2n) is 7.64. The number of urea groups is 1. The summed E-state index contributed by atoms with van der Waals surface area (Å²) in [5.41, 5.74) is 2.70. The van der Waals surface area contributed by atoms with E-state index in [1.807, 2.05) is 71.8 Å². The van der Waals surface area contributed by atoms with Gasteiger partial charge in [-0.05, 0) is 47.7 Å². The van der Waals surface area contributed by atoms with Crippen LogP contribution in [0.4, 0.5) is 14.9 Å². The average molecular weight is 416 g/mol. The molecule has 1 N–H and O–H groups in total. The zero-order valence-corrected chi connectivity index (χ0v) is 17.6. The van der Waals surface area contributed by atoms with Crippen molar-refractivity contribution in [3.8, 4) is 0 Å². The maximum atomic E-state index is 13.6. The first-order valence-electron chi connectivity index (χ1n) is 10.6. The molecule has 0 saturated heterocycles. The molecule has 2 amide bonds. The Hall–Kier alpha value is -3.60. The van der Waals surface area contributed by atoms with Gasteiger partial charge in [0.15, 0.2) is 0 Å². The number of anilines is 1. The highest BCUT2D eigenvalue weighted by molar-refractivity contribution is 6.01. The minimum atomic E-state index is -0.242. The number of carbonyl (C=O) groups excluding carboxylic acids is 1. The lowest BCUT2D eigenvalue weighted by Gasteiger charge is -2.24. The molecule has 0 saturated carbocycles. The first-order chi connectivity index (χ1) is 15.1. The van der Waals surface area contributed by atoms with Gasteiger partial charge in [-0.25, -0.2) is 9.18 Å². The number of nitrogens with zero attached hydrogens (tertiary/aromatic N) is 2. The molecule has 0 aliphatic heterocycles. The summed E-state index contributed by atoms with van der Waals surface area (Å²) in [6.45, 7) is 3.74. The van der Waals surface area contributed by atoms with Gasteiger partial charge in [0.2, 0.25) is 0 Å². The number of carbonyl (C=O) groups is 1. The van der Waals surface area contributed by atoms with Crippen LogP contribution in [0.2, 0.25) is 0 Å². The maximum absolute atomic E-state index is 13.6. The lowest BCUT2D eigenvalue weighted by Crippen LogP contribution is -2.35. The van der Waals surface area contributed by atoms with E-state index in [1.54, 1.807) is 12.1 Å². The molecule has 3 aromatic carbocycles. The van der Waals surface area contributed by atoms with Crippen molar-refractivity contribution < 1.29 is 9.18 Å². The Morgan fingerprint density at radius 2 is 1.81 bits per heavy atom. The molecule has 1 heterocycles. The number of hydrogen-bond donors (Lipinski definition) is 1. The Morgan fingerprint density at radius 3 is 2.65 bits per heavy atom. The molecule has 0 aliphatic carbocycles. The fraction of sp³-hybridized carbons (Fsp3) is 0.192. The van der Waals surface area contributed by atoms with E-state index in [-0.39, 0.29) is 11.8 Å². The monoisotopic (exact) mass is 415 g/mol. The smallest absolute Gasteiger partial charge is 0.322 e. The Morgan fingerprint density at radius 1 is 1.00 bits per heavy atom. The molecule has 158 valence electrons. The van der Waals surface area contributed by atoms with Crippen LogP contribution >= 0.6 is 0 Å². The average Bonchev–Trinajstić information content (AvgIpc) is 3.20. The molecule has 0 fully saturated rings. The third kappa shape index (κ3) is 4.94. The summed E-state index contributed by atoms with van der Waals surface area (Å²) >= 11 is 0. The van der Waals surface area contributed by atoms with E-state index in [4.69, 9.17) is 0 Å². The lowest BCUT2D eigenvalue weighted by molar-refractivity contribution is 0.208. The van der Waals surface area contributed by atoms with E-state index >= 15 is 0 Å². The molecule has 0 spiro atoms. The molecular weight excluding hydrogens is 389 g/mol. The summed E-state index contributed by atoms with van der Waals surface area (Å²) in [6, 6.07) is 24.4. The van der Waals surface area contributed by atoms with Gasteiger partial charge < -0.3 is 14.8 Å². The number of halogens is 1. The number of rotatable bonds is 7. The van der Waals surface area contributed by atoms with Crippen molar-refractivity contribution in [3.63, 3.8) is 0 Å². The minimum absolute atomic E-state index is 0.128. The summed E-state index contributed by atoms with van der Waals surface area (Å²) in [5, 5.41) is 5.19. The molecule has 5 heteroatoms. The van der Waals surface area contributed by atoms with Crippen molar-refractivity contribution in [3.05, 3.63) is 102 Å². The van der Waals surface area contributed by atoms with Crippen LogP contribution in [0, 0.1) is 5.82 Å². The summed E-state index contributed by atoms with van der Waals surface area (Å²) < 4.78 is 15.6. The predicted molar refractivity (Wildman–Crippen MR) is 124 cm³/mol. The van der Waals surface area contributed by atoms with Crippen LogP contribution in [0.15, 0.2) is 85.1 Å². The fourth-order valence-corrected chi connectivity index (χ4v) is 3.83. The highest BCUT2D eigenvalue weighted by Crippen LogP contribution is 2.23. The maximum Gasteiger partial charge on any atom is 0.322 e. The molecular formula is C26H26FN3O. The van der Waals surface area contributed by atoms with Crippen LogP contribution in [0.25, 0.3) is 10.8 Å². The van der Waals surface area contributed by atoms with Crippen LogP contribution in [0.1, 0.15) is 24.6 Å². The zero-order valence-electron chi connectivity index (χ0n) is 17.6. The summed E-state index contributed by atoms with van der Waals surface area (Å²) in [6.07, 6.45) is 2.82. The van der Waals surface area contributed by atoms with Crippen LogP contribution in [-0.4, -0.2) is 22.0 Å². The van der Waals surface area contributed by atoms with E-state index in [0.29, 0.717) is 19.6 Å². The van der Waals surface area contributed by atoms with Crippen molar-refractivity contribution in [1.82, 2.24) is 9.47 Å². The van der Waals surface area contributed by atoms with Crippen molar-refractivity contribution in [2.45, 2.75) is 26.4 Å². The molecule has 0 radical (unpaired) electrons. The summed E-state index contributed by atoms with van der Waals surface area (Å²) in [4.78, 5) is 15.0. The predicted octanol–water partition coefficient (Wildman–Crippen LogP) is 6.27. The van der Waals surface area contributed by atoms with Crippen molar-refractivity contribution >= 4 is 22.5 Å². The Balaban J connectivity index is 1.52. The van der Waals surface area contributed by atoms with Crippen molar-refractivity contribution in [2.75, 3.05) is 11.9 Å². The number of amides is 2. The van der Waals surface area contributed by atoms with E-state index in [0.717, 1.165) is 34.1 Å². The second-order valence-corrected chi connectivity index (χ2v) is 7.64. The molecule has 0 atom stereocenters. The van der Waals surface area contributed by atoms with E-state index in [9.17, 15) is 9.18 Å². The quantitative estimate of drug-likeness (QED) is 0.379. The van der Waals surface area contributed by atoms with Gasteiger partial charge >= 0.3 is 6.03 Å². The van der Waals surface area contributed by atoms with Crippen LogP contribution in [0.3, 0.4) is 0 Å². The van der Waals surface area contributed by atoms with E-state index < -0.39 is 0 Å². The zero-order chi connectivity index (χ0) is 21.6.